The Bertz CT molecular complexity index is 634. The molecule has 3 rings (SSSR count). The highest BCUT2D eigenvalue weighted by atomic mass is 15.3. The molecule has 116 valence electrons. The maximum Gasteiger partial charge on any atom is 0.225 e. The largest absolute Gasteiger partial charge is 0.353 e. The molecule has 0 aromatic carbocycles. The Kier molecular flexibility index (Phi) is 4.18. The second-order valence-corrected chi connectivity index (χ2v) is 5.90. The van der Waals surface area contributed by atoms with Crippen molar-refractivity contribution in [1.82, 2.24) is 19.9 Å². The highest BCUT2D eigenvalue weighted by Crippen LogP contribution is 2.18. The first-order valence-electron chi connectivity index (χ1n) is 7.76. The molecule has 1 aliphatic rings. The number of piperazine rings is 1. The number of hydrogen-bond acceptors (Lipinski definition) is 6. The molecule has 2 aromatic heterocycles. The molecule has 0 atom stereocenters. The number of anilines is 2. The number of aryl methyl sites for hydroxylation is 1. The summed E-state index contributed by atoms with van der Waals surface area (Å²) in [4.78, 5) is 22.4. The molecule has 22 heavy (non-hydrogen) atoms. The van der Waals surface area contributed by atoms with Crippen LogP contribution in [0.5, 0.6) is 0 Å². The Morgan fingerprint density at radius 1 is 0.909 bits per heavy atom. The molecule has 0 amide bonds. The average molecular weight is 298 g/mol. The second kappa shape index (κ2) is 6.25. The minimum atomic E-state index is 0.349. The van der Waals surface area contributed by atoms with Gasteiger partial charge in [0, 0.05) is 50.2 Å². The normalized spacial score (nSPS) is 15.5. The molecule has 0 unspecified atom stereocenters. The van der Waals surface area contributed by atoms with Gasteiger partial charge in [-0.1, -0.05) is 13.8 Å². The Morgan fingerprint density at radius 3 is 2.27 bits per heavy atom. The van der Waals surface area contributed by atoms with E-state index in [4.69, 9.17) is 0 Å². The fourth-order valence-corrected chi connectivity index (χ4v) is 2.54. The van der Waals surface area contributed by atoms with E-state index in [9.17, 15) is 0 Å². The third-order valence-corrected chi connectivity index (χ3v) is 3.84. The highest BCUT2D eigenvalue weighted by Gasteiger charge is 2.20. The molecule has 0 radical (unpaired) electrons. The fraction of sp³-hybridized carbons (Fsp3) is 0.500. The van der Waals surface area contributed by atoms with Crippen LogP contribution in [-0.4, -0.2) is 46.1 Å². The van der Waals surface area contributed by atoms with E-state index in [0.717, 1.165) is 49.5 Å². The molecule has 0 spiro atoms. The first-order chi connectivity index (χ1) is 10.6. The van der Waals surface area contributed by atoms with Crippen LogP contribution in [0, 0.1) is 6.92 Å². The van der Waals surface area contributed by atoms with Crippen molar-refractivity contribution in [3.05, 3.63) is 36.0 Å². The summed E-state index contributed by atoms with van der Waals surface area (Å²) in [6.07, 6.45) is 3.68. The lowest BCUT2D eigenvalue weighted by Gasteiger charge is -2.35. The van der Waals surface area contributed by atoms with E-state index in [0.29, 0.717) is 5.92 Å². The number of nitrogens with zero attached hydrogens (tertiary/aromatic N) is 6. The molecular formula is C16H22N6. The lowest BCUT2D eigenvalue weighted by atomic mass is 10.2. The van der Waals surface area contributed by atoms with E-state index in [-0.39, 0.29) is 0 Å². The van der Waals surface area contributed by atoms with Gasteiger partial charge in [-0.15, -0.1) is 0 Å². The average Bonchev–Trinajstić information content (AvgIpc) is 2.55. The smallest absolute Gasteiger partial charge is 0.225 e. The van der Waals surface area contributed by atoms with Crippen molar-refractivity contribution in [3.8, 4) is 0 Å². The van der Waals surface area contributed by atoms with Crippen LogP contribution in [0.2, 0.25) is 0 Å². The van der Waals surface area contributed by atoms with Crippen LogP contribution in [-0.2, 0) is 0 Å². The summed E-state index contributed by atoms with van der Waals surface area (Å²) in [6, 6.07) is 3.92. The van der Waals surface area contributed by atoms with Crippen molar-refractivity contribution < 1.29 is 0 Å². The lowest BCUT2D eigenvalue weighted by Crippen LogP contribution is -2.47. The summed E-state index contributed by atoms with van der Waals surface area (Å²) >= 11 is 0. The fourth-order valence-electron chi connectivity index (χ4n) is 2.54. The monoisotopic (exact) mass is 298 g/mol. The van der Waals surface area contributed by atoms with Gasteiger partial charge in [0.2, 0.25) is 5.95 Å². The maximum absolute atomic E-state index is 4.67. The zero-order valence-corrected chi connectivity index (χ0v) is 13.4. The van der Waals surface area contributed by atoms with Crippen molar-refractivity contribution >= 4 is 11.8 Å². The molecule has 1 saturated heterocycles. The van der Waals surface area contributed by atoms with Crippen molar-refractivity contribution in [3.63, 3.8) is 0 Å². The topological polar surface area (TPSA) is 58.0 Å². The predicted molar refractivity (Wildman–Crippen MR) is 87.3 cm³/mol. The van der Waals surface area contributed by atoms with Crippen LogP contribution in [0.1, 0.15) is 31.3 Å². The molecule has 6 heteroatoms. The van der Waals surface area contributed by atoms with E-state index in [2.05, 4.69) is 43.6 Å². The standard InChI is InChI=1S/C16H22N6/c1-12(2)15-17-7-5-14(20-15)21-8-10-22(11-9-21)16-18-6-4-13(3)19-16/h4-7,12H,8-11H2,1-3H3. The van der Waals surface area contributed by atoms with E-state index in [1.54, 1.807) is 0 Å². The second-order valence-electron chi connectivity index (χ2n) is 5.90. The van der Waals surface area contributed by atoms with Crippen LogP contribution in [0.25, 0.3) is 0 Å². The van der Waals surface area contributed by atoms with Crippen LogP contribution >= 0.6 is 0 Å². The van der Waals surface area contributed by atoms with Gasteiger partial charge in [-0.25, -0.2) is 19.9 Å². The van der Waals surface area contributed by atoms with Gasteiger partial charge in [-0.2, -0.15) is 0 Å². The van der Waals surface area contributed by atoms with Gasteiger partial charge in [0.25, 0.3) is 0 Å². The minimum absolute atomic E-state index is 0.349. The molecule has 0 bridgehead atoms. The van der Waals surface area contributed by atoms with Crippen molar-refractivity contribution in [2.75, 3.05) is 36.0 Å². The molecule has 0 N–H and O–H groups in total. The van der Waals surface area contributed by atoms with Gasteiger partial charge in [-0.05, 0) is 19.1 Å². The van der Waals surface area contributed by atoms with E-state index in [1.807, 2.05) is 31.5 Å². The zero-order chi connectivity index (χ0) is 15.5. The Hall–Kier alpha value is -2.24. The lowest BCUT2D eigenvalue weighted by molar-refractivity contribution is 0.629. The Labute approximate surface area is 131 Å². The number of aromatic nitrogens is 4. The quantitative estimate of drug-likeness (QED) is 0.864. The van der Waals surface area contributed by atoms with Gasteiger partial charge in [-0.3, -0.25) is 0 Å². The van der Waals surface area contributed by atoms with E-state index >= 15 is 0 Å². The molecule has 3 heterocycles. The third kappa shape index (κ3) is 3.16. The number of hydrogen-bond donors (Lipinski definition) is 0. The summed E-state index contributed by atoms with van der Waals surface area (Å²) in [5, 5.41) is 0. The van der Waals surface area contributed by atoms with E-state index < -0.39 is 0 Å². The molecule has 1 aliphatic heterocycles. The van der Waals surface area contributed by atoms with Gasteiger partial charge in [0.15, 0.2) is 0 Å². The van der Waals surface area contributed by atoms with Gasteiger partial charge in [0.05, 0.1) is 0 Å². The summed E-state index contributed by atoms with van der Waals surface area (Å²) in [5.41, 5.74) is 1.00. The summed E-state index contributed by atoms with van der Waals surface area (Å²) in [6.45, 7) is 9.89. The zero-order valence-electron chi connectivity index (χ0n) is 13.4. The Balaban J connectivity index is 1.68. The maximum atomic E-state index is 4.67. The molecule has 1 fully saturated rings. The highest BCUT2D eigenvalue weighted by molar-refractivity contribution is 5.42. The SMILES string of the molecule is Cc1ccnc(N2CCN(c3ccnc(C(C)C)n3)CC2)n1. The van der Waals surface area contributed by atoms with Crippen LogP contribution in [0.4, 0.5) is 11.8 Å². The van der Waals surface area contributed by atoms with Crippen LogP contribution < -0.4 is 9.80 Å². The molecule has 2 aromatic rings. The van der Waals surface area contributed by atoms with Crippen molar-refractivity contribution in [1.29, 1.82) is 0 Å². The van der Waals surface area contributed by atoms with Crippen molar-refractivity contribution in [2.45, 2.75) is 26.7 Å². The van der Waals surface area contributed by atoms with Gasteiger partial charge in [0.1, 0.15) is 11.6 Å². The summed E-state index contributed by atoms with van der Waals surface area (Å²) in [5.74, 6) is 3.09. The van der Waals surface area contributed by atoms with E-state index in [1.165, 1.54) is 0 Å². The first kappa shape index (κ1) is 14.7. The molecule has 0 saturated carbocycles. The van der Waals surface area contributed by atoms with Gasteiger partial charge < -0.3 is 9.80 Å². The third-order valence-electron chi connectivity index (χ3n) is 3.84. The van der Waals surface area contributed by atoms with Crippen molar-refractivity contribution in [2.24, 2.45) is 0 Å². The first-order valence-corrected chi connectivity index (χ1v) is 7.76. The molecule has 0 aliphatic carbocycles. The van der Waals surface area contributed by atoms with Gasteiger partial charge >= 0.3 is 0 Å². The summed E-state index contributed by atoms with van der Waals surface area (Å²) < 4.78 is 0. The minimum Gasteiger partial charge on any atom is -0.353 e. The van der Waals surface area contributed by atoms with Crippen LogP contribution in [0.3, 0.4) is 0 Å². The predicted octanol–water partition coefficient (Wildman–Crippen LogP) is 2.03. The van der Waals surface area contributed by atoms with Crippen LogP contribution in [0.15, 0.2) is 24.5 Å². The molecule has 6 nitrogen and oxygen atoms in total. The molecular weight excluding hydrogens is 276 g/mol. The number of rotatable bonds is 3. The Morgan fingerprint density at radius 2 is 1.59 bits per heavy atom. The summed E-state index contributed by atoms with van der Waals surface area (Å²) in [7, 11) is 0.